The van der Waals surface area contributed by atoms with Crippen LogP contribution in [-0.2, 0) is 0 Å². The first-order valence-electron chi connectivity index (χ1n) is 4.96. The second-order valence-electron chi connectivity index (χ2n) is 3.84. The van der Waals surface area contributed by atoms with Crippen molar-refractivity contribution in [1.82, 2.24) is 9.97 Å². The standard InChI is InChI=1S/C12H9ClN2O/c1-6-12-7(2-3-14-6)8-4-9(13)11(16)5-10(8)15-12/h2-5,14-15H,1H3. The van der Waals surface area contributed by atoms with Gasteiger partial charge in [0.1, 0.15) is 0 Å². The number of H-pyrrole nitrogens is 2. The van der Waals surface area contributed by atoms with Crippen LogP contribution in [0.15, 0.2) is 29.2 Å². The van der Waals surface area contributed by atoms with Gasteiger partial charge in [0.2, 0.25) is 0 Å². The molecule has 0 aliphatic rings. The van der Waals surface area contributed by atoms with E-state index in [1.54, 1.807) is 6.07 Å². The Morgan fingerprint density at radius 2 is 2.06 bits per heavy atom. The summed E-state index contributed by atoms with van der Waals surface area (Å²) in [7, 11) is 0. The molecule has 0 bridgehead atoms. The third-order valence-corrected chi connectivity index (χ3v) is 3.11. The van der Waals surface area contributed by atoms with Crippen molar-refractivity contribution in [2.75, 3.05) is 0 Å². The summed E-state index contributed by atoms with van der Waals surface area (Å²) >= 11 is 5.85. The molecule has 3 aromatic rings. The number of benzene rings is 1. The Kier molecular flexibility index (Phi) is 1.85. The first-order valence-corrected chi connectivity index (χ1v) is 5.34. The molecular weight excluding hydrogens is 224 g/mol. The van der Waals surface area contributed by atoms with E-state index < -0.39 is 0 Å². The Morgan fingerprint density at radius 1 is 1.25 bits per heavy atom. The van der Waals surface area contributed by atoms with E-state index in [2.05, 4.69) is 9.97 Å². The number of hydrogen-bond acceptors (Lipinski definition) is 1. The average molecular weight is 233 g/mol. The van der Waals surface area contributed by atoms with Gasteiger partial charge in [0.15, 0.2) is 5.43 Å². The summed E-state index contributed by atoms with van der Waals surface area (Å²) in [6, 6.07) is 5.23. The van der Waals surface area contributed by atoms with Crippen molar-refractivity contribution in [2.24, 2.45) is 0 Å². The van der Waals surface area contributed by atoms with Crippen LogP contribution in [0.25, 0.3) is 21.8 Å². The Balaban J connectivity index is 2.61. The van der Waals surface area contributed by atoms with E-state index in [4.69, 9.17) is 11.6 Å². The maximum Gasteiger partial charge on any atom is 0.199 e. The Labute approximate surface area is 96.1 Å². The quantitative estimate of drug-likeness (QED) is 0.615. The third-order valence-electron chi connectivity index (χ3n) is 2.82. The monoisotopic (exact) mass is 232 g/mol. The van der Waals surface area contributed by atoms with E-state index in [1.165, 1.54) is 6.07 Å². The second-order valence-corrected chi connectivity index (χ2v) is 4.25. The summed E-state index contributed by atoms with van der Waals surface area (Å²) in [4.78, 5) is 17.8. The second kappa shape index (κ2) is 3.12. The number of aromatic amines is 2. The highest BCUT2D eigenvalue weighted by atomic mass is 35.5. The molecule has 0 unspecified atom stereocenters. The molecule has 80 valence electrons. The third kappa shape index (κ3) is 1.18. The van der Waals surface area contributed by atoms with Gasteiger partial charge in [-0.1, -0.05) is 11.6 Å². The molecule has 2 aromatic heterocycles. The molecule has 2 N–H and O–H groups in total. The van der Waals surface area contributed by atoms with Gasteiger partial charge in [-0.25, -0.2) is 0 Å². The van der Waals surface area contributed by atoms with E-state index in [0.717, 1.165) is 27.5 Å². The van der Waals surface area contributed by atoms with Crippen LogP contribution >= 0.6 is 11.6 Å². The Hall–Kier alpha value is -1.74. The van der Waals surface area contributed by atoms with Gasteiger partial charge in [-0.05, 0) is 19.1 Å². The van der Waals surface area contributed by atoms with Crippen LogP contribution in [0.5, 0.6) is 0 Å². The molecule has 0 spiro atoms. The van der Waals surface area contributed by atoms with E-state index >= 15 is 0 Å². The van der Waals surface area contributed by atoms with Crippen molar-refractivity contribution in [3.05, 3.63) is 45.3 Å². The molecule has 0 amide bonds. The van der Waals surface area contributed by atoms with Gasteiger partial charge in [-0.2, -0.15) is 0 Å². The van der Waals surface area contributed by atoms with E-state index in [-0.39, 0.29) is 10.5 Å². The number of halogens is 1. The summed E-state index contributed by atoms with van der Waals surface area (Å²) < 4.78 is 0. The molecule has 0 atom stereocenters. The van der Waals surface area contributed by atoms with Gasteiger partial charge in [0.25, 0.3) is 0 Å². The maximum absolute atomic E-state index is 11.4. The lowest BCUT2D eigenvalue weighted by Crippen LogP contribution is -1.97. The van der Waals surface area contributed by atoms with Crippen LogP contribution in [0.2, 0.25) is 5.02 Å². The fourth-order valence-corrected chi connectivity index (χ4v) is 2.17. The summed E-state index contributed by atoms with van der Waals surface area (Å²) in [6.07, 6.45) is 1.88. The summed E-state index contributed by atoms with van der Waals surface area (Å²) in [5, 5.41) is 2.32. The van der Waals surface area contributed by atoms with Crippen molar-refractivity contribution in [2.45, 2.75) is 6.92 Å². The lowest BCUT2D eigenvalue weighted by atomic mass is 10.2. The molecule has 1 aromatic carbocycles. The van der Waals surface area contributed by atoms with Crippen LogP contribution in [0, 0.1) is 6.92 Å². The van der Waals surface area contributed by atoms with Gasteiger partial charge >= 0.3 is 0 Å². The topological polar surface area (TPSA) is 48.6 Å². The fraction of sp³-hybridized carbons (Fsp3) is 0.0833. The highest BCUT2D eigenvalue weighted by Gasteiger charge is 2.08. The summed E-state index contributed by atoms with van der Waals surface area (Å²) in [5.74, 6) is 0. The number of nitrogens with one attached hydrogen (secondary N) is 2. The van der Waals surface area contributed by atoms with Crippen LogP contribution in [0.3, 0.4) is 0 Å². The normalized spacial score (nSPS) is 11.4. The predicted molar refractivity (Wildman–Crippen MR) is 66.2 cm³/mol. The fourth-order valence-electron chi connectivity index (χ4n) is 2.01. The van der Waals surface area contributed by atoms with Gasteiger partial charge in [0, 0.05) is 28.7 Å². The number of rotatable bonds is 0. The van der Waals surface area contributed by atoms with Gasteiger partial charge in [-0.15, -0.1) is 0 Å². The number of aryl methyl sites for hydroxylation is 1. The highest BCUT2D eigenvalue weighted by molar-refractivity contribution is 6.31. The minimum absolute atomic E-state index is 0.151. The smallest absolute Gasteiger partial charge is 0.199 e. The molecule has 0 fully saturated rings. The summed E-state index contributed by atoms with van der Waals surface area (Å²) in [5.41, 5.74) is 2.73. The average Bonchev–Trinajstić information content (AvgIpc) is 2.59. The molecule has 3 rings (SSSR count). The molecule has 2 heterocycles. The zero-order chi connectivity index (χ0) is 11.3. The Morgan fingerprint density at radius 3 is 2.88 bits per heavy atom. The molecule has 3 nitrogen and oxygen atoms in total. The van der Waals surface area contributed by atoms with E-state index in [0.29, 0.717) is 0 Å². The number of pyridine rings is 1. The lowest BCUT2D eigenvalue weighted by molar-refractivity contribution is 1.22. The van der Waals surface area contributed by atoms with Crippen molar-refractivity contribution >= 4 is 33.4 Å². The number of hydrogen-bond donors (Lipinski definition) is 2. The predicted octanol–water partition coefficient (Wildman–Crippen LogP) is 2.97. The number of aromatic nitrogens is 2. The minimum Gasteiger partial charge on any atom is -0.364 e. The molecule has 0 aliphatic carbocycles. The molecule has 4 heteroatoms. The van der Waals surface area contributed by atoms with Crippen LogP contribution in [0.4, 0.5) is 0 Å². The van der Waals surface area contributed by atoms with Crippen LogP contribution in [-0.4, -0.2) is 9.97 Å². The number of fused-ring (bicyclic) bond motifs is 3. The van der Waals surface area contributed by atoms with Crippen LogP contribution in [0.1, 0.15) is 5.69 Å². The lowest BCUT2D eigenvalue weighted by Gasteiger charge is -1.95. The molecule has 0 saturated carbocycles. The zero-order valence-corrected chi connectivity index (χ0v) is 9.35. The van der Waals surface area contributed by atoms with Gasteiger partial charge in [0.05, 0.1) is 16.1 Å². The molecule has 0 aliphatic heterocycles. The zero-order valence-electron chi connectivity index (χ0n) is 8.60. The SMILES string of the molecule is Cc1[nH]ccc2c1[nH]c1cc(=O)c(Cl)cc12. The van der Waals surface area contributed by atoms with Crippen molar-refractivity contribution in [1.29, 1.82) is 0 Å². The minimum atomic E-state index is -0.151. The van der Waals surface area contributed by atoms with E-state index in [9.17, 15) is 4.79 Å². The Bertz CT molecular complexity index is 755. The largest absolute Gasteiger partial charge is 0.364 e. The van der Waals surface area contributed by atoms with Crippen molar-refractivity contribution in [3.8, 4) is 0 Å². The maximum atomic E-state index is 11.4. The van der Waals surface area contributed by atoms with Crippen LogP contribution < -0.4 is 5.43 Å². The van der Waals surface area contributed by atoms with Crippen molar-refractivity contribution in [3.63, 3.8) is 0 Å². The first kappa shape index (κ1) is 9.48. The van der Waals surface area contributed by atoms with Gasteiger partial charge < -0.3 is 9.97 Å². The molecule has 0 saturated heterocycles. The summed E-state index contributed by atoms with van der Waals surface area (Å²) in [6.45, 7) is 1.98. The molecule has 16 heavy (non-hydrogen) atoms. The first-order chi connectivity index (χ1) is 7.66. The van der Waals surface area contributed by atoms with Gasteiger partial charge in [-0.3, -0.25) is 4.79 Å². The molecular formula is C12H9ClN2O. The highest BCUT2D eigenvalue weighted by Crippen LogP contribution is 2.26. The van der Waals surface area contributed by atoms with E-state index in [1.807, 2.05) is 19.2 Å². The van der Waals surface area contributed by atoms with Crippen molar-refractivity contribution < 1.29 is 0 Å². The molecule has 0 radical (unpaired) electrons.